The summed E-state index contributed by atoms with van der Waals surface area (Å²) in [7, 11) is 0. The summed E-state index contributed by atoms with van der Waals surface area (Å²) in [6.07, 6.45) is 4.42. The number of aldehydes is 1. The van der Waals surface area contributed by atoms with Gasteiger partial charge < -0.3 is 5.11 Å². The van der Waals surface area contributed by atoms with Gasteiger partial charge in [-0.25, -0.2) is 19.3 Å². The average Bonchev–Trinajstić information content (AvgIpc) is 3.86. The zero-order valence-electron chi connectivity index (χ0n) is 29.9. The minimum absolute atomic E-state index is 0.00634. The fraction of sp³-hybridized carbons (Fsp3) is 0.0682. The molecule has 0 aliphatic rings. The summed E-state index contributed by atoms with van der Waals surface area (Å²) in [5, 5.41) is 28.6. The lowest BCUT2D eigenvalue weighted by molar-refractivity contribution is 0.112. The molecule has 10 rings (SSSR count). The Kier molecular flexibility index (Phi) is 9.19. The Morgan fingerprint density at radius 2 is 1.07 bits per heavy atom. The molecule has 1 N–H and O–H groups in total. The molecule has 0 bridgehead atoms. The molecule has 270 valence electrons. The van der Waals surface area contributed by atoms with E-state index >= 15 is 0 Å². The lowest BCUT2D eigenvalue weighted by Gasteiger charge is -2.06. The van der Waals surface area contributed by atoms with Gasteiger partial charge in [0.1, 0.15) is 17.3 Å². The molecular formula is C44H32N10O2. The first-order valence-corrected chi connectivity index (χ1v) is 17.9. The van der Waals surface area contributed by atoms with Gasteiger partial charge in [0, 0.05) is 39.9 Å². The Morgan fingerprint density at radius 1 is 0.518 bits per heavy atom. The number of rotatable bonds is 8. The van der Waals surface area contributed by atoms with E-state index in [-0.39, 0.29) is 6.61 Å². The Labute approximate surface area is 319 Å². The lowest BCUT2D eigenvalue weighted by atomic mass is 10.1. The van der Waals surface area contributed by atoms with Crippen LogP contribution in [0.5, 0.6) is 0 Å². The molecule has 0 fully saturated rings. The number of carbonyl (C=O) groups is 1. The molecule has 0 unspecified atom stereocenters. The number of nitrogens with zero attached hydrogens (tertiary/aromatic N) is 10. The van der Waals surface area contributed by atoms with Crippen molar-refractivity contribution in [3.8, 4) is 22.5 Å². The van der Waals surface area contributed by atoms with Crippen LogP contribution in [0.25, 0.3) is 66.6 Å². The highest BCUT2D eigenvalue weighted by Gasteiger charge is 2.12. The first-order valence-electron chi connectivity index (χ1n) is 17.9. The second-order valence-electron chi connectivity index (χ2n) is 13.2. The zero-order valence-corrected chi connectivity index (χ0v) is 29.9. The number of hydrogen-bond acceptors (Lipinski definition) is 10. The molecule has 0 radical (unpaired) electrons. The summed E-state index contributed by atoms with van der Waals surface area (Å²) in [4.78, 5) is 29.1. The van der Waals surface area contributed by atoms with Gasteiger partial charge in [-0.3, -0.25) is 14.8 Å². The van der Waals surface area contributed by atoms with Crippen molar-refractivity contribution in [2.45, 2.75) is 19.7 Å². The largest absolute Gasteiger partial charge is 0.392 e. The SMILES string of the molecule is O=Cc1ccc(-c2ccc3nnn(Cc4ccc5ncccc5c4)c3n2)cc1.OCc1cccc(-c2ccc3nnn(Cc4ccc5ncccc5c4)c3n2)c1. The molecule has 0 aliphatic carbocycles. The van der Waals surface area contributed by atoms with Crippen molar-refractivity contribution in [1.29, 1.82) is 0 Å². The number of aliphatic hydroxyl groups is 1. The van der Waals surface area contributed by atoms with Crippen molar-refractivity contribution in [3.63, 3.8) is 0 Å². The third kappa shape index (κ3) is 7.07. The fourth-order valence-electron chi connectivity index (χ4n) is 6.60. The van der Waals surface area contributed by atoms with E-state index in [1.165, 1.54) is 0 Å². The number of aliphatic hydroxyl groups excluding tert-OH is 1. The van der Waals surface area contributed by atoms with Gasteiger partial charge in [-0.1, -0.05) is 77.2 Å². The van der Waals surface area contributed by atoms with Crippen LogP contribution in [-0.4, -0.2) is 61.3 Å². The average molecular weight is 733 g/mol. The maximum absolute atomic E-state index is 10.9. The summed E-state index contributed by atoms with van der Waals surface area (Å²) >= 11 is 0. The van der Waals surface area contributed by atoms with E-state index in [0.29, 0.717) is 18.7 Å². The van der Waals surface area contributed by atoms with E-state index in [9.17, 15) is 9.90 Å². The van der Waals surface area contributed by atoms with E-state index in [4.69, 9.17) is 9.97 Å². The van der Waals surface area contributed by atoms with E-state index in [2.05, 4.69) is 54.9 Å². The van der Waals surface area contributed by atoms with Gasteiger partial charge in [0.05, 0.1) is 42.1 Å². The molecule has 6 aromatic heterocycles. The quantitative estimate of drug-likeness (QED) is 0.156. The number of aromatic nitrogens is 10. The van der Waals surface area contributed by atoms with E-state index in [0.717, 1.165) is 89.6 Å². The topological polar surface area (TPSA) is 150 Å². The van der Waals surface area contributed by atoms with E-state index in [1.54, 1.807) is 29.2 Å². The van der Waals surface area contributed by atoms with Crippen molar-refractivity contribution in [2.75, 3.05) is 0 Å². The normalized spacial score (nSPS) is 11.2. The highest BCUT2D eigenvalue weighted by molar-refractivity contribution is 5.81. The second kappa shape index (κ2) is 15.0. The number of pyridine rings is 4. The summed E-state index contributed by atoms with van der Waals surface area (Å²) < 4.78 is 3.61. The summed E-state index contributed by atoms with van der Waals surface area (Å²) in [5.41, 5.74) is 12.2. The third-order valence-corrected chi connectivity index (χ3v) is 9.47. The maximum atomic E-state index is 10.9. The van der Waals surface area contributed by atoms with Crippen LogP contribution in [0.2, 0.25) is 0 Å². The van der Waals surface area contributed by atoms with E-state index in [1.807, 2.05) is 102 Å². The van der Waals surface area contributed by atoms with Gasteiger partial charge in [0.25, 0.3) is 0 Å². The predicted octanol–water partition coefficient (Wildman–Crippen LogP) is 7.48. The standard InChI is InChI=1S/C22H17N5O.C22H15N5O/c28-14-16-3-1-4-18(12-16)20-8-9-21-22(24-20)27(26-25-21)13-15-6-7-19-17(11-15)5-2-10-23-19;28-14-15-3-6-17(7-4-15)20-9-10-21-22(24-20)27(26-25-21)13-16-5-8-19-18(12-16)2-1-11-23-19/h1-12,28H,13-14H2;1-12,14H,13H2. The molecular weight excluding hydrogens is 701 g/mol. The van der Waals surface area contributed by atoms with Crippen molar-refractivity contribution in [2.24, 2.45) is 0 Å². The molecule has 0 saturated heterocycles. The molecule has 0 atom stereocenters. The van der Waals surface area contributed by atoms with Gasteiger partial charge in [-0.05, 0) is 83.4 Å². The van der Waals surface area contributed by atoms with Gasteiger partial charge in [0.15, 0.2) is 11.3 Å². The van der Waals surface area contributed by atoms with Crippen LogP contribution in [0.3, 0.4) is 0 Å². The molecule has 6 heterocycles. The fourth-order valence-corrected chi connectivity index (χ4v) is 6.60. The van der Waals surface area contributed by atoms with Crippen LogP contribution >= 0.6 is 0 Å². The number of hydrogen-bond donors (Lipinski definition) is 1. The first kappa shape index (κ1) is 34.2. The Hall–Kier alpha value is -7.57. The van der Waals surface area contributed by atoms with Gasteiger partial charge in [-0.2, -0.15) is 0 Å². The molecule has 10 aromatic rings. The van der Waals surface area contributed by atoms with Gasteiger partial charge >= 0.3 is 0 Å². The lowest BCUT2D eigenvalue weighted by Crippen LogP contribution is -2.03. The van der Waals surface area contributed by atoms with E-state index < -0.39 is 0 Å². The molecule has 56 heavy (non-hydrogen) atoms. The molecule has 12 nitrogen and oxygen atoms in total. The predicted molar refractivity (Wildman–Crippen MR) is 215 cm³/mol. The van der Waals surface area contributed by atoms with Crippen LogP contribution in [0, 0.1) is 0 Å². The first-order chi connectivity index (χ1) is 27.6. The van der Waals surface area contributed by atoms with Crippen LogP contribution in [0.1, 0.15) is 27.0 Å². The van der Waals surface area contributed by atoms with Crippen molar-refractivity contribution in [3.05, 3.63) is 168 Å². The minimum Gasteiger partial charge on any atom is -0.392 e. The molecule has 4 aromatic carbocycles. The zero-order chi connectivity index (χ0) is 37.8. The summed E-state index contributed by atoms with van der Waals surface area (Å²) in [6.45, 7) is 1.16. The summed E-state index contributed by atoms with van der Waals surface area (Å²) in [6, 6.07) is 43.1. The van der Waals surface area contributed by atoms with Crippen molar-refractivity contribution in [1.82, 2.24) is 49.9 Å². The van der Waals surface area contributed by atoms with Crippen LogP contribution in [0.4, 0.5) is 0 Å². The third-order valence-electron chi connectivity index (χ3n) is 9.47. The molecule has 0 spiro atoms. The molecule has 12 heteroatoms. The Morgan fingerprint density at radius 3 is 1.62 bits per heavy atom. The highest BCUT2D eigenvalue weighted by atomic mass is 16.3. The maximum Gasteiger partial charge on any atom is 0.179 e. The Balaban J connectivity index is 0.000000146. The highest BCUT2D eigenvalue weighted by Crippen LogP contribution is 2.24. The molecule has 0 aliphatic heterocycles. The van der Waals surface area contributed by atoms with Crippen LogP contribution in [0.15, 0.2) is 146 Å². The smallest absolute Gasteiger partial charge is 0.179 e. The van der Waals surface area contributed by atoms with Crippen LogP contribution < -0.4 is 0 Å². The minimum atomic E-state index is 0.00634. The van der Waals surface area contributed by atoms with Gasteiger partial charge in [0.2, 0.25) is 0 Å². The molecule has 0 amide bonds. The Bertz CT molecular complexity index is 3010. The summed E-state index contributed by atoms with van der Waals surface area (Å²) in [5.74, 6) is 0. The van der Waals surface area contributed by atoms with Gasteiger partial charge in [-0.15, -0.1) is 10.2 Å². The van der Waals surface area contributed by atoms with Crippen molar-refractivity contribution >= 4 is 50.4 Å². The monoisotopic (exact) mass is 732 g/mol. The number of fused-ring (bicyclic) bond motifs is 4. The van der Waals surface area contributed by atoms with Crippen molar-refractivity contribution < 1.29 is 9.90 Å². The molecule has 0 saturated carbocycles. The number of carbonyl (C=O) groups excluding carboxylic acids is 1. The van der Waals surface area contributed by atoms with Crippen LogP contribution in [-0.2, 0) is 19.7 Å². The second-order valence-corrected chi connectivity index (χ2v) is 13.2. The number of benzene rings is 4.